The number of halogens is 1. The first kappa shape index (κ1) is 19.4. The molecule has 0 bridgehead atoms. The first-order chi connectivity index (χ1) is 14.2. The van der Waals surface area contributed by atoms with Gasteiger partial charge in [-0.05, 0) is 68.1 Å². The number of nitriles is 1. The Morgan fingerprint density at radius 1 is 1.03 bits per heavy atom. The summed E-state index contributed by atoms with van der Waals surface area (Å²) in [6.45, 7) is 0. The molecule has 2 saturated heterocycles. The maximum atomic E-state index is 13.1. The van der Waals surface area contributed by atoms with Gasteiger partial charge in [-0.3, -0.25) is 15.1 Å². The van der Waals surface area contributed by atoms with Gasteiger partial charge in [-0.2, -0.15) is 5.26 Å². The lowest BCUT2D eigenvalue weighted by molar-refractivity contribution is -0.148. The molecule has 0 spiro atoms. The van der Waals surface area contributed by atoms with E-state index in [9.17, 15) is 10.1 Å². The Kier molecular flexibility index (Phi) is 5.28. The van der Waals surface area contributed by atoms with Crippen LogP contribution in [0.25, 0.3) is 0 Å². The van der Waals surface area contributed by atoms with E-state index < -0.39 is 0 Å². The highest BCUT2D eigenvalue weighted by atomic mass is 35.5. The minimum atomic E-state index is -0.182. The number of benzene rings is 1. The molecule has 1 amide bonds. The number of hydrogen-bond donors (Lipinski definition) is 2. The summed E-state index contributed by atoms with van der Waals surface area (Å²) < 4.78 is 0. The number of hydrazine groups is 1. The van der Waals surface area contributed by atoms with Crippen LogP contribution in [0.15, 0.2) is 24.3 Å². The van der Waals surface area contributed by atoms with Gasteiger partial charge >= 0.3 is 0 Å². The topological polar surface area (TPSA) is 68.2 Å². The minimum absolute atomic E-state index is 0.0628. The van der Waals surface area contributed by atoms with Crippen molar-refractivity contribution in [2.24, 2.45) is 17.8 Å². The van der Waals surface area contributed by atoms with Crippen LogP contribution in [0.1, 0.15) is 62.8 Å². The Bertz CT molecular complexity index is 798. The molecular formula is C23H29ClN4O. The van der Waals surface area contributed by atoms with Gasteiger partial charge < -0.3 is 0 Å². The molecule has 4 fully saturated rings. The Morgan fingerprint density at radius 2 is 1.76 bits per heavy atom. The normalized spacial score (nSPS) is 39.5. The standard InChI is InChI=1S/C23H29ClN4O/c24-17-11-9-15(10-12-17)14-5-7-16(8-6-14)21-19(13-25)22-26-20-4-2-1-3-18(20)23(29)28(22)27-21/h9-12,14,16,18-22,26-27H,1-8H2. The SMILES string of the molecule is N#CC1C(C2CCC(c3ccc(Cl)cc3)CC2)NN2C(=O)C3CCCCC3NC12. The Balaban J connectivity index is 1.28. The molecule has 6 heteroatoms. The smallest absolute Gasteiger partial charge is 0.242 e. The number of amides is 1. The number of nitrogens with one attached hydrogen (secondary N) is 2. The van der Waals surface area contributed by atoms with Crippen LogP contribution in [-0.2, 0) is 4.79 Å². The summed E-state index contributed by atoms with van der Waals surface area (Å²) in [6, 6.07) is 11.1. The number of hydrogen-bond acceptors (Lipinski definition) is 4. The van der Waals surface area contributed by atoms with Crippen molar-refractivity contribution in [1.29, 1.82) is 5.26 Å². The summed E-state index contributed by atoms with van der Waals surface area (Å²) in [5.41, 5.74) is 4.85. The maximum Gasteiger partial charge on any atom is 0.242 e. The van der Waals surface area contributed by atoms with Crippen LogP contribution in [0.5, 0.6) is 0 Å². The summed E-state index contributed by atoms with van der Waals surface area (Å²) in [5, 5.41) is 16.2. The molecule has 5 nitrogen and oxygen atoms in total. The summed E-state index contributed by atoms with van der Waals surface area (Å²) in [7, 11) is 0. The van der Waals surface area contributed by atoms with E-state index in [1.54, 1.807) is 5.01 Å². The molecule has 1 aromatic rings. The number of fused-ring (bicyclic) bond motifs is 2. The van der Waals surface area contributed by atoms with E-state index in [0.29, 0.717) is 11.8 Å². The lowest BCUT2D eigenvalue weighted by atomic mass is 9.73. The van der Waals surface area contributed by atoms with Gasteiger partial charge in [0.15, 0.2) is 0 Å². The van der Waals surface area contributed by atoms with Gasteiger partial charge in [0.25, 0.3) is 0 Å². The molecule has 154 valence electrons. The summed E-state index contributed by atoms with van der Waals surface area (Å²) in [6.07, 6.45) is 8.58. The van der Waals surface area contributed by atoms with E-state index >= 15 is 0 Å². The van der Waals surface area contributed by atoms with E-state index in [-0.39, 0.29) is 36.0 Å². The van der Waals surface area contributed by atoms with Gasteiger partial charge in [-0.1, -0.05) is 36.6 Å². The number of carbonyl (C=O) groups excluding carboxylic acids is 1. The average molecular weight is 413 g/mol. The third kappa shape index (κ3) is 3.46. The highest BCUT2D eigenvalue weighted by Gasteiger charge is 2.53. The Labute approximate surface area is 177 Å². The molecule has 0 aromatic heterocycles. The predicted molar refractivity (Wildman–Crippen MR) is 112 cm³/mol. The van der Waals surface area contributed by atoms with E-state index in [4.69, 9.17) is 11.6 Å². The molecule has 29 heavy (non-hydrogen) atoms. The maximum absolute atomic E-state index is 13.1. The molecule has 4 aliphatic rings. The van der Waals surface area contributed by atoms with Crippen LogP contribution in [-0.4, -0.2) is 29.2 Å². The highest BCUT2D eigenvalue weighted by molar-refractivity contribution is 6.30. The number of nitrogens with zero attached hydrogens (tertiary/aromatic N) is 2. The molecule has 2 aliphatic carbocycles. The van der Waals surface area contributed by atoms with Crippen molar-refractivity contribution in [2.45, 2.75) is 75.5 Å². The lowest BCUT2D eigenvalue weighted by Crippen LogP contribution is -2.64. The largest absolute Gasteiger partial charge is 0.291 e. The van der Waals surface area contributed by atoms with Crippen LogP contribution in [0, 0.1) is 29.1 Å². The van der Waals surface area contributed by atoms with E-state index in [2.05, 4.69) is 28.9 Å². The zero-order valence-electron chi connectivity index (χ0n) is 16.7. The minimum Gasteiger partial charge on any atom is -0.291 e. The molecule has 5 rings (SSSR count). The monoisotopic (exact) mass is 412 g/mol. The van der Waals surface area contributed by atoms with Gasteiger partial charge in [-0.15, -0.1) is 0 Å². The Hall–Kier alpha value is -1.61. The first-order valence-corrected chi connectivity index (χ1v) is 11.5. The van der Waals surface area contributed by atoms with Gasteiger partial charge in [0.2, 0.25) is 5.91 Å². The molecule has 2 aliphatic heterocycles. The quantitative estimate of drug-likeness (QED) is 0.771. The highest BCUT2D eigenvalue weighted by Crippen LogP contribution is 2.42. The molecule has 2 N–H and O–H groups in total. The zero-order valence-corrected chi connectivity index (χ0v) is 17.4. The first-order valence-electron chi connectivity index (χ1n) is 11.2. The molecule has 5 unspecified atom stereocenters. The number of carbonyl (C=O) groups is 1. The summed E-state index contributed by atoms with van der Waals surface area (Å²) >= 11 is 6.03. The van der Waals surface area contributed by atoms with Crippen molar-refractivity contribution in [2.75, 3.05) is 0 Å². The van der Waals surface area contributed by atoms with E-state index in [1.807, 2.05) is 12.1 Å². The van der Waals surface area contributed by atoms with E-state index in [0.717, 1.165) is 50.0 Å². The van der Waals surface area contributed by atoms with Crippen LogP contribution in [0.3, 0.4) is 0 Å². The zero-order chi connectivity index (χ0) is 20.0. The molecule has 2 heterocycles. The van der Waals surface area contributed by atoms with Crippen molar-refractivity contribution in [3.63, 3.8) is 0 Å². The molecule has 1 aromatic carbocycles. The van der Waals surface area contributed by atoms with Crippen LogP contribution in [0.2, 0.25) is 5.02 Å². The molecular weight excluding hydrogens is 384 g/mol. The molecule has 0 radical (unpaired) electrons. The van der Waals surface area contributed by atoms with Crippen molar-refractivity contribution < 1.29 is 4.79 Å². The van der Waals surface area contributed by atoms with Crippen LogP contribution >= 0.6 is 11.6 Å². The Morgan fingerprint density at radius 3 is 2.48 bits per heavy atom. The van der Waals surface area contributed by atoms with Crippen LogP contribution in [0.4, 0.5) is 0 Å². The molecule has 5 atom stereocenters. The predicted octanol–water partition coefficient (Wildman–Crippen LogP) is 3.96. The third-order valence-electron chi connectivity index (χ3n) is 7.77. The van der Waals surface area contributed by atoms with Gasteiger partial charge in [-0.25, -0.2) is 5.43 Å². The number of rotatable bonds is 2. The lowest BCUT2D eigenvalue weighted by Gasteiger charge is -2.43. The second kappa shape index (κ2) is 7.91. The third-order valence-corrected chi connectivity index (χ3v) is 8.02. The van der Waals surface area contributed by atoms with Crippen molar-refractivity contribution in [3.05, 3.63) is 34.9 Å². The fraction of sp³-hybridized carbons (Fsp3) is 0.652. The van der Waals surface area contributed by atoms with E-state index in [1.165, 1.54) is 12.0 Å². The van der Waals surface area contributed by atoms with Crippen LogP contribution < -0.4 is 10.7 Å². The fourth-order valence-corrected chi connectivity index (χ4v) is 6.30. The van der Waals surface area contributed by atoms with Gasteiger partial charge in [0, 0.05) is 17.1 Å². The van der Waals surface area contributed by atoms with Crippen molar-refractivity contribution in [3.8, 4) is 6.07 Å². The second-order valence-corrected chi connectivity index (χ2v) is 9.73. The fourth-order valence-electron chi connectivity index (χ4n) is 6.18. The van der Waals surface area contributed by atoms with Gasteiger partial charge in [0.05, 0.1) is 17.9 Å². The molecule has 2 saturated carbocycles. The summed E-state index contributed by atoms with van der Waals surface area (Å²) in [5.74, 6) is 1.10. The van der Waals surface area contributed by atoms with Crippen molar-refractivity contribution in [1.82, 2.24) is 15.8 Å². The van der Waals surface area contributed by atoms with Gasteiger partial charge in [0.1, 0.15) is 6.17 Å². The average Bonchev–Trinajstić information content (AvgIpc) is 3.13. The second-order valence-electron chi connectivity index (χ2n) is 9.29. The summed E-state index contributed by atoms with van der Waals surface area (Å²) in [4.78, 5) is 13.1. The van der Waals surface area contributed by atoms with Crippen molar-refractivity contribution >= 4 is 17.5 Å².